The summed E-state index contributed by atoms with van der Waals surface area (Å²) < 4.78 is 0.747. The number of carboxylic acids is 1. The second-order valence-electron chi connectivity index (χ2n) is 9.37. The maximum absolute atomic E-state index is 13.3. The van der Waals surface area contributed by atoms with Crippen LogP contribution in [0.3, 0.4) is 0 Å². The fraction of sp³-hybridized carbons (Fsp3) is 0.320. The summed E-state index contributed by atoms with van der Waals surface area (Å²) in [6.45, 7) is 7.72. The average molecular weight is 559 g/mol. The molecule has 2 aromatic heterocycles. The Hall–Kier alpha value is -2.95. The van der Waals surface area contributed by atoms with Crippen molar-refractivity contribution in [1.29, 1.82) is 0 Å². The molecule has 0 radical (unpaired) electrons. The topological polar surface area (TPSA) is 135 Å². The first kappa shape index (κ1) is 26.7. The number of hydrogen-bond donors (Lipinski definition) is 3. The second kappa shape index (κ2) is 10.3. The van der Waals surface area contributed by atoms with Crippen molar-refractivity contribution in [2.24, 2.45) is 5.73 Å². The van der Waals surface area contributed by atoms with Crippen molar-refractivity contribution in [1.82, 2.24) is 15.3 Å². The van der Waals surface area contributed by atoms with Crippen LogP contribution in [0.4, 0.5) is 0 Å². The molecule has 0 aliphatic rings. The van der Waals surface area contributed by atoms with Gasteiger partial charge in [-0.25, -0.2) is 9.97 Å². The van der Waals surface area contributed by atoms with Gasteiger partial charge in [-0.1, -0.05) is 45.0 Å². The highest BCUT2D eigenvalue weighted by Crippen LogP contribution is 2.31. The first-order valence-electron chi connectivity index (χ1n) is 10.8. The molecular formula is C25H27BrN4O4S. The highest BCUT2D eigenvalue weighted by atomic mass is 79.9. The smallest absolute Gasteiger partial charge is 0.320 e. The van der Waals surface area contributed by atoms with Gasteiger partial charge in [-0.05, 0) is 46.0 Å². The summed E-state index contributed by atoms with van der Waals surface area (Å²) in [5.41, 5.74) is 5.23. The van der Waals surface area contributed by atoms with Crippen LogP contribution in [0.1, 0.15) is 54.2 Å². The molecule has 0 bridgehead atoms. The number of hydrogen-bond acceptors (Lipinski definition) is 7. The minimum atomic E-state index is -1.50. The molecule has 0 aliphatic carbocycles. The van der Waals surface area contributed by atoms with Gasteiger partial charge < -0.3 is 16.2 Å². The van der Waals surface area contributed by atoms with Crippen LogP contribution in [-0.4, -0.2) is 38.8 Å². The number of carboxylic acid groups (broad SMARTS) is 1. The van der Waals surface area contributed by atoms with E-state index in [0.29, 0.717) is 16.3 Å². The number of nitrogens with two attached hydrogens (primary N) is 1. The Balaban J connectivity index is 1.95. The molecule has 3 aromatic rings. The van der Waals surface area contributed by atoms with Crippen LogP contribution >= 0.6 is 27.3 Å². The Morgan fingerprint density at radius 1 is 1.06 bits per heavy atom. The number of rotatable bonds is 8. The van der Waals surface area contributed by atoms with Crippen molar-refractivity contribution in [3.8, 4) is 11.4 Å². The van der Waals surface area contributed by atoms with Crippen molar-refractivity contribution in [3.63, 3.8) is 0 Å². The molecule has 3 rings (SSSR count). The number of aromatic nitrogens is 2. The number of nitrogens with one attached hydrogen (secondary N) is 1. The van der Waals surface area contributed by atoms with E-state index in [9.17, 15) is 19.5 Å². The molecular weight excluding hydrogens is 532 g/mol. The lowest BCUT2D eigenvalue weighted by Crippen LogP contribution is -2.51. The zero-order chi connectivity index (χ0) is 26.0. The molecule has 184 valence electrons. The number of thiophene rings is 1. The number of halogens is 1. The highest BCUT2D eigenvalue weighted by molar-refractivity contribution is 9.10. The van der Waals surface area contributed by atoms with E-state index in [4.69, 9.17) is 5.73 Å². The quantitative estimate of drug-likeness (QED) is 0.375. The number of amides is 1. The summed E-state index contributed by atoms with van der Waals surface area (Å²) >= 11 is 4.65. The zero-order valence-corrected chi connectivity index (χ0v) is 22.2. The Morgan fingerprint density at radius 3 is 2.17 bits per heavy atom. The van der Waals surface area contributed by atoms with Crippen molar-refractivity contribution < 1.29 is 19.5 Å². The van der Waals surface area contributed by atoms with Crippen molar-refractivity contribution >= 4 is 44.9 Å². The largest absolute Gasteiger partial charge is 0.480 e. The third-order valence-corrected chi connectivity index (χ3v) is 7.47. The van der Waals surface area contributed by atoms with Crippen LogP contribution in [0.5, 0.6) is 0 Å². The van der Waals surface area contributed by atoms with E-state index >= 15 is 0 Å². The molecule has 35 heavy (non-hydrogen) atoms. The third-order valence-electron chi connectivity index (χ3n) is 5.55. The molecule has 0 aliphatic heterocycles. The summed E-state index contributed by atoms with van der Waals surface area (Å²) in [6, 6.07) is 9.12. The molecule has 2 heterocycles. The van der Waals surface area contributed by atoms with E-state index < -0.39 is 35.7 Å². The summed E-state index contributed by atoms with van der Waals surface area (Å²) in [5, 5.41) is 12.0. The van der Waals surface area contributed by atoms with E-state index in [0.717, 1.165) is 14.9 Å². The van der Waals surface area contributed by atoms with E-state index in [1.165, 1.54) is 11.3 Å². The highest BCUT2D eigenvalue weighted by Gasteiger charge is 2.38. The van der Waals surface area contributed by atoms with E-state index in [1.807, 2.05) is 6.07 Å². The van der Waals surface area contributed by atoms with Crippen LogP contribution in [-0.2, 0) is 20.5 Å². The minimum Gasteiger partial charge on any atom is -0.480 e. The summed E-state index contributed by atoms with van der Waals surface area (Å²) in [7, 11) is 0. The lowest BCUT2D eigenvalue weighted by Gasteiger charge is -2.30. The monoisotopic (exact) mass is 558 g/mol. The van der Waals surface area contributed by atoms with E-state index in [1.54, 1.807) is 49.6 Å². The molecule has 0 saturated heterocycles. The number of nitrogens with zero attached hydrogens (tertiary/aromatic N) is 2. The van der Waals surface area contributed by atoms with Crippen LogP contribution in [0, 0.1) is 0 Å². The predicted molar refractivity (Wildman–Crippen MR) is 138 cm³/mol. The Bertz CT molecular complexity index is 1240. The fourth-order valence-electron chi connectivity index (χ4n) is 3.36. The van der Waals surface area contributed by atoms with Crippen LogP contribution in [0.25, 0.3) is 11.4 Å². The van der Waals surface area contributed by atoms with E-state index in [2.05, 4.69) is 52.0 Å². The minimum absolute atomic E-state index is 0.124. The van der Waals surface area contributed by atoms with Gasteiger partial charge in [-0.3, -0.25) is 14.4 Å². The summed E-state index contributed by atoms with van der Waals surface area (Å²) in [6.07, 6.45) is 2.82. The van der Waals surface area contributed by atoms with Gasteiger partial charge in [0, 0.05) is 29.3 Å². The predicted octanol–water partition coefficient (Wildman–Crippen LogP) is 4.28. The van der Waals surface area contributed by atoms with Gasteiger partial charge >= 0.3 is 5.97 Å². The number of carbonyl (C=O) groups is 3. The number of carbonyl (C=O) groups excluding carboxylic acids is 2. The Morgan fingerprint density at radius 2 is 1.66 bits per heavy atom. The molecule has 8 nitrogen and oxygen atoms in total. The molecule has 10 heteroatoms. The number of benzene rings is 1. The number of aliphatic carboxylic acids is 1. The standard InChI is InChI=1S/C25H27BrN4O4S/c1-24(2,3)20-10-9-18(35-20)22(32)30-25(4,19(31)11-17(27)23(33)34)15-7-5-14(6-8-15)21-28-12-16(26)13-29-21/h5-10,12-13,17H,11,27H2,1-4H3,(H,30,32)(H,33,34)/t17-,25+/m1/s1. The van der Waals surface area contributed by atoms with Crippen LogP contribution in [0.15, 0.2) is 53.3 Å². The molecule has 0 spiro atoms. The Kier molecular flexibility index (Phi) is 7.88. The summed E-state index contributed by atoms with van der Waals surface area (Å²) in [5.74, 6) is -1.73. The summed E-state index contributed by atoms with van der Waals surface area (Å²) in [4.78, 5) is 47.8. The van der Waals surface area contributed by atoms with E-state index in [-0.39, 0.29) is 5.41 Å². The average Bonchev–Trinajstić information content (AvgIpc) is 3.31. The van der Waals surface area contributed by atoms with Crippen LogP contribution < -0.4 is 11.1 Å². The third kappa shape index (κ3) is 6.19. The molecule has 4 N–H and O–H groups in total. The number of Topliss-reactive ketones (excluding diaryl/α,β-unsaturated/α-hetero) is 1. The molecule has 0 saturated carbocycles. The number of ketones is 1. The maximum atomic E-state index is 13.3. The van der Waals surface area contributed by atoms with Gasteiger partial charge in [0.25, 0.3) is 5.91 Å². The van der Waals surface area contributed by atoms with Crippen molar-refractivity contribution in [2.45, 2.75) is 51.1 Å². The lowest BCUT2D eigenvalue weighted by atomic mass is 9.84. The van der Waals surface area contributed by atoms with Gasteiger partial charge in [0.1, 0.15) is 11.6 Å². The SMILES string of the molecule is CC(C)(C)c1ccc(C(=O)N[C@](C)(C(=O)C[C@@H](N)C(=O)O)c2ccc(-c3ncc(Br)cn3)cc2)s1. The van der Waals surface area contributed by atoms with Gasteiger partial charge in [-0.2, -0.15) is 0 Å². The maximum Gasteiger partial charge on any atom is 0.320 e. The first-order valence-corrected chi connectivity index (χ1v) is 12.4. The van der Waals surface area contributed by atoms with Crippen molar-refractivity contribution in [3.05, 3.63) is 68.6 Å². The van der Waals surface area contributed by atoms with Gasteiger partial charge in [0.05, 0.1) is 9.35 Å². The molecule has 1 amide bonds. The lowest BCUT2D eigenvalue weighted by molar-refractivity contribution is -0.141. The van der Waals surface area contributed by atoms with Gasteiger partial charge in [0.15, 0.2) is 11.6 Å². The van der Waals surface area contributed by atoms with Crippen LogP contribution in [0.2, 0.25) is 0 Å². The second-order valence-corrected chi connectivity index (χ2v) is 11.4. The fourth-order valence-corrected chi connectivity index (χ4v) is 4.52. The van der Waals surface area contributed by atoms with Gasteiger partial charge in [0.2, 0.25) is 0 Å². The zero-order valence-electron chi connectivity index (χ0n) is 19.8. The van der Waals surface area contributed by atoms with Crippen molar-refractivity contribution in [2.75, 3.05) is 0 Å². The first-order chi connectivity index (χ1) is 16.3. The Labute approximate surface area is 216 Å². The normalized spacial score (nSPS) is 14.1. The molecule has 0 unspecified atom stereocenters. The van der Waals surface area contributed by atoms with Gasteiger partial charge in [-0.15, -0.1) is 11.3 Å². The molecule has 1 aromatic carbocycles. The molecule has 0 fully saturated rings. The molecule has 2 atom stereocenters.